The number of nitrogens with zero attached hydrogens (tertiary/aromatic N) is 1. The quantitative estimate of drug-likeness (QED) is 0.506. The fraction of sp³-hybridized carbons (Fsp3) is 0.125. The Bertz CT molecular complexity index is 614. The van der Waals surface area contributed by atoms with Crippen LogP contribution in [-0.4, -0.2) is 18.4 Å². The SMILES string of the molecule is CNC(=S)N/N=C\c1ccccc1OCc1ccccc1. The van der Waals surface area contributed by atoms with Gasteiger partial charge in [0.15, 0.2) is 5.11 Å². The second-order valence-corrected chi connectivity index (χ2v) is 4.67. The molecule has 0 aliphatic carbocycles. The Morgan fingerprint density at radius 1 is 1.14 bits per heavy atom. The first-order valence-electron chi connectivity index (χ1n) is 6.56. The number of ether oxygens (including phenoxy) is 1. The van der Waals surface area contributed by atoms with E-state index in [0.29, 0.717) is 11.7 Å². The second-order valence-electron chi connectivity index (χ2n) is 4.26. The van der Waals surface area contributed by atoms with Crippen LogP contribution in [0.1, 0.15) is 11.1 Å². The van der Waals surface area contributed by atoms with Gasteiger partial charge in [0.2, 0.25) is 0 Å². The van der Waals surface area contributed by atoms with E-state index >= 15 is 0 Å². The van der Waals surface area contributed by atoms with Gasteiger partial charge in [0.1, 0.15) is 12.4 Å². The average molecular weight is 299 g/mol. The van der Waals surface area contributed by atoms with E-state index in [4.69, 9.17) is 17.0 Å². The Kier molecular flexibility index (Phi) is 5.72. The van der Waals surface area contributed by atoms with Crippen molar-refractivity contribution >= 4 is 23.5 Å². The summed E-state index contributed by atoms with van der Waals surface area (Å²) in [7, 11) is 1.74. The summed E-state index contributed by atoms with van der Waals surface area (Å²) in [5, 5.41) is 7.32. The first-order chi connectivity index (χ1) is 10.3. The molecule has 0 saturated carbocycles. The van der Waals surface area contributed by atoms with E-state index < -0.39 is 0 Å². The summed E-state index contributed by atoms with van der Waals surface area (Å²) in [4.78, 5) is 0. The van der Waals surface area contributed by atoms with Crippen molar-refractivity contribution in [3.05, 3.63) is 65.7 Å². The first-order valence-corrected chi connectivity index (χ1v) is 6.97. The van der Waals surface area contributed by atoms with Crippen molar-refractivity contribution in [2.45, 2.75) is 6.61 Å². The molecule has 5 heteroatoms. The van der Waals surface area contributed by atoms with Gasteiger partial charge in [-0.1, -0.05) is 42.5 Å². The standard InChI is InChI=1S/C16H17N3OS/c1-17-16(21)19-18-11-14-9-5-6-10-15(14)20-12-13-7-3-2-4-8-13/h2-11H,12H2,1H3,(H2,17,19,21)/b18-11-. The van der Waals surface area contributed by atoms with Crippen LogP contribution in [0.3, 0.4) is 0 Å². The highest BCUT2D eigenvalue weighted by atomic mass is 32.1. The highest BCUT2D eigenvalue weighted by molar-refractivity contribution is 7.80. The van der Waals surface area contributed by atoms with Crippen LogP contribution < -0.4 is 15.5 Å². The summed E-state index contributed by atoms with van der Waals surface area (Å²) in [6.07, 6.45) is 1.68. The number of rotatable bonds is 5. The molecule has 0 aliphatic heterocycles. The predicted molar refractivity (Wildman–Crippen MR) is 89.6 cm³/mol. The van der Waals surface area contributed by atoms with Crippen molar-refractivity contribution in [2.75, 3.05) is 7.05 Å². The summed E-state index contributed by atoms with van der Waals surface area (Å²) >= 11 is 4.95. The van der Waals surface area contributed by atoms with E-state index in [1.807, 2.05) is 54.6 Å². The maximum atomic E-state index is 5.84. The zero-order valence-electron chi connectivity index (χ0n) is 11.7. The van der Waals surface area contributed by atoms with Gasteiger partial charge in [-0.15, -0.1) is 0 Å². The van der Waals surface area contributed by atoms with Crippen molar-refractivity contribution in [2.24, 2.45) is 5.10 Å². The van der Waals surface area contributed by atoms with E-state index in [0.717, 1.165) is 16.9 Å². The molecular weight excluding hydrogens is 282 g/mol. The third kappa shape index (κ3) is 4.89. The maximum absolute atomic E-state index is 5.84. The molecule has 0 aliphatic rings. The lowest BCUT2D eigenvalue weighted by molar-refractivity contribution is 0.306. The van der Waals surface area contributed by atoms with Crippen LogP contribution in [0.2, 0.25) is 0 Å². The van der Waals surface area contributed by atoms with Crippen LogP contribution >= 0.6 is 12.2 Å². The smallest absolute Gasteiger partial charge is 0.186 e. The summed E-state index contributed by atoms with van der Waals surface area (Å²) in [5.41, 5.74) is 4.73. The van der Waals surface area contributed by atoms with Gasteiger partial charge in [0.05, 0.1) is 6.21 Å². The summed E-state index contributed by atoms with van der Waals surface area (Å²) < 4.78 is 5.84. The van der Waals surface area contributed by atoms with E-state index in [2.05, 4.69) is 15.8 Å². The molecule has 0 heterocycles. The first kappa shape index (κ1) is 15.0. The van der Waals surface area contributed by atoms with Gasteiger partial charge in [0.25, 0.3) is 0 Å². The minimum atomic E-state index is 0.467. The molecule has 0 fully saturated rings. The normalized spacial score (nSPS) is 10.3. The molecule has 2 aromatic rings. The predicted octanol–water partition coefficient (Wildman–Crippen LogP) is 2.69. The molecule has 2 N–H and O–H groups in total. The van der Waals surface area contributed by atoms with Gasteiger partial charge in [0, 0.05) is 12.6 Å². The number of hydrogen-bond acceptors (Lipinski definition) is 3. The van der Waals surface area contributed by atoms with E-state index in [1.54, 1.807) is 13.3 Å². The number of nitrogens with one attached hydrogen (secondary N) is 2. The monoisotopic (exact) mass is 299 g/mol. The van der Waals surface area contributed by atoms with E-state index in [-0.39, 0.29) is 0 Å². The number of hydrazone groups is 1. The molecule has 2 rings (SSSR count). The number of thiocarbonyl (C=S) groups is 1. The second kappa shape index (κ2) is 8.01. The molecule has 0 aromatic heterocycles. The number of hydrogen-bond donors (Lipinski definition) is 2. The van der Waals surface area contributed by atoms with Crippen molar-refractivity contribution in [1.29, 1.82) is 0 Å². The third-order valence-corrected chi connectivity index (χ3v) is 3.05. The zero-order chi connectivity index (χ0) is 14.9. The van der Waals surface area contributed by atoms with Crippen LogP contribution in [0.4, 0.5) is 0 Å². The van der Waals surface area contributed by atoms with Gasteiger partial charge in [-0.3, -0.25) is 5.43 Å². The minimum absolute atomic E-state index is 0.467. The maximum Gasteiger partial charge on any atom is 0.186 e. The van der Waals surface area contributed by atoms with Crippen LogP contribution in [-0.2, 0) is 6.61 Å². The van der Waals surface area contributed by atoms with Gasteiger partial charge in [-0.05, 0) is 29.9 Å². The molecule has 0 spiro atoms. The van der Waals surface area contributed by atoms with Crippen LogP contribution in [0, 0.1) is 0 Å². The van der Waals surface area contributed by atoms with Gasteiger partial charge in [-0.25, -0.2) is 0 Å². The van der Waals surface area contributed by atoms with Crippen LogP contribution in [0.15, 0.2) is 59.7 Å². The Labute approximate surface area is 129 Å². The Morgan fingerprint density at radius 2 is 1.86 bits per heavy atom. The van der Waals surface area contributed by atoms with Crippen LogP contribution in [0.5, 0.6) is 5.75 Å². The third-order valence-electron chi connectivity index (χ3n) is 2.75. The van der Waals surface area contributed by atoms with E-state index in [1.165, 1.54) is 0 Å². The molecule has 21 heavy (non-hydrogen) atoms. The fourth-order valence-corrected chi connectivity index (χ4v) is 1.72. The van der Waals surface area contributed by atoms with Gasteiger partial charge >= 0.3 is 0 Å². The highest BCUT2D eigenvalue weighted by Gasteiger charge is 2.01. The molecule has 0 amide bonds. The molecule has 0 radical (unpaired) electrons. The van der Waals surface area contributed by atoms with Gasteiger partial charge in [-0.2, -0.15) is 5.10 Å². The molecule has 0 bridgehead atoms. The molecular formula is C16H17N3OS. The molecule has 0 atom stereocenters. The molecule has 108 valence electrons. The minimum Gasteiger partial charge on any atom is -0.488 e. The number of para-hydroxylation sites is 1. The lowest BCUT2D eigenvalue weighted by atomic mass is 10.2. The topological polar surface area (TPSA) is 45.7 Å². The Hall–Kier alpha value is -2.40. The lowest BCUT2D eigenvalue weighted by Crippen LogP contribution is -2.28. The molecule has 0 saturated heterocycles. The lowest BCUT2D eigenvalue weighted by Gasteiger charge is -2.09. The van der Waals surface area contributed by atoms with Crippen molar-refractivity contribution in [3.63, 3.8) is 0 Å². The molecule has 2 aromatic carbocycles. The number of benzene rings is 2. The van der Waals surface area contributed by atoms with Gasteiger partial charge < -0.3 is 10.1 Å². The zero-order valence-corrected chi connectivity index (χ0v) is 12.6. The Balaban J connectivity index is 2.01. The molecule has 0 unspecified atom stereocenters. The fourth-order valence-electron chi connectivity index (χ4n) is 1.67. The van der Waals surface area contributed by atoms with Crippen molar-refractivity contribution < 1.29 is 4.74 Å². The average Bonchev–Trinajstić information content (AvgIpc) is 2.54. The van der Waals surface area contributed by atoms with Crippen LogP contribution in [0.25, 0.3) is 0 Å². The summed E-state index contributed by atoms with van der Waals surface area (Å²) in [6.45, 7) is 0.522. The van der Waals surface area contributed by atoms with Crippen molar-refractivity contribution in [3.8, 4) is 5.75 Å². The van der Waals surface area contributed by atoms with E-state index in [9.17, 15) is 0 Å². The summed E-state index contributed by atoms with van der Waals surface area (Å²) in [6, 6.07) is 17.8. The summed E-state index contributed by atoms with van der Waals surface area (Å²) in [5.74, 6) is 0.780. The largest absolute Gasteiger partial charge is 0.488 e. The Morgan fingerprint density at radius 3 is 2.62 bits per heavy atom. The highest BCUT2D eigenvalue weighted by Crippen LogP contribution is 2.17. The molecule has 4 nitrogen and oxygen atoms in total. The van der Waals surface area contributed by atoms with Crippen molar-refractivity contribution in [1.82, 2.24) is 10.7 Å².